The third-order valence-corrected chi connectivity index (χ3v) is 2.37. The Labute approximate surface area is 93.9 Å². The Morgan fingerprint density at radius 3 is 2.18 bits per heavy atom. The fourth-order valence-corrected chi connectivity index (χ4v) is 1.30. The van der Waals surface area contributed by atoms with E-state index < -0.39 is 29.5 Å². The Hall–Kier alpha value is -1.37. The van der Waals surface area contributed by atoms with Crippen LogP contribution in [-0.2, 0) is 0 Å². The molecule has 96 valence electrons. The van der Waals surface area contributed by atoms with Gasteiger partial charge in [0.05, 0.1) is 0 Å². The molecule has 1 aromatic rings. The summed E-state index contributed by atoms with van der Waals surface area (Å²) in [5.74, 6) is -5.75. The minimum atomic E-state index is -5.76. The van der Waals surface area contributed by atoms with Gasteiger partial charge >= 0.3 is 12.1 Å². The first kappa shape index (κ1) is 13.7. The fourth-order valence-electron chi connectivity index (χ4n) is 1.30. The van der Waals surface area contributed by atoms with Crippen LogP contribution in [0.25, 0.3) is 0 Å². The van der Waals surface area contributed by atoms with E-state index in [2.05, 4.69) is 0 Å². The summed E-state index contributed by atoms with van der Waals surface area (Å²) in [6, 6.07) is 0.920. The number of rotatable bonds is 2. The summed E-state index contributed by atoms with van der Waals surface area (Å²) in [4.78, 5) is 0. The lowest BCUT2D eigenvalue weighted by molar-refractivity contribution is -0.291. The maximum Gasteiger partial charge on any atom is 0.455 e. The molecule has 0 aliphatic carbocycles. The number of phenols is 1. The number of nitrogens with two attached hydrogens (primary N) is 1. The van der Waals surface area contributed by atoms with Crippen LogP contribution in [0.2, 0.25) is 0 Å². The Morgan fingerprint density at radius 2 is 1.71 bits per heavy atom. The highest BCUT2D eigenvalue weighted by atomic mass is 19.4. The molecular formula is C10H10F5NO. The molecule has 0 unspecified atom stereocenters. The summed E-state index contributed by atoms with van der Waals surface area (Å²) in [6.45, 7) is 1.37. The van der Waals surface area contributed by atoms with Crippen molar-refractivity contribution in [1.29, 1.82) is 0 Å². The second kappa shape index (κ2) is 4.14. The molecule has 2 nitrogen and oxygen atoms in total. The van der Waals surface area contributed by atoms with E-state index in [0.717, 1.165) is 6.07 Å². The molecular weight excluding hydrogens is 245 g/mol. The maximum absolute atomic E-state index is 13.0. The van der Waals surface area contributed by atoms with Gasteiger partial charge in [0.25, 0.3) is 0 Å². The van der Waals surface area contributed by atoms with Crippen molar-refractivity contribution in [2.75, 3.05) is 0 Å². The number of alkyl halides is 5. The van der Waals surface area contributed by atoms with Gasteiger partial charge in [-0.1, -0.05) is 18.2 Å². The van der Waals surface area contributed by atoms with Gasteiger partial charge in [-0.3, -0.25) is 0 Å². The smallest absolute Gasteiger partial charge is 0.455 e. The van der Waals surface area contributed by atoms with E-state index >= 15 is 0 Å². The van der Waals surface area contributed by atoms with Gasteiger partial charge < -0.3 is 10.8 Å². The van der Waals surface area contributed by atoms with E-state index in [9.17, 15) is 27.1 Å². The van der Waals surface area contributed by atoms with Crippen molar-refractivity contribution in [3.8, 4) is 5.75 Å². The molecule has 3 N–H and O–H groups in total. The van der Waals surface area contributed by atoms with Crippen molar-refractivity contribution in [2.24, 2.45) is 5.73 Å². The van der Waals surface area contributed by atoms with E-state index in [4.69, 9.17) is 5.73 Å². The Kier molecular flexibility index (Phi) is 3.33. The molecule has 0 radical (unpaired) electrons. The van der Waals surface area contributed by atoms with Crippen molar-refractivity contribution in [3.05, 3.63) is 29.3 Å². The topological polar surface area (TPSA) is 46.2 Å². The normalized spacial score (nSPS) is 14.8. The summed E-state index contributed by atoms with van der Waals surface area (Å²) >= 11 is 0. The van der Waals surface area contributed by atoms with Gasteiger partial charge in [-0.15, -0.1) is 0 Å². The lowest BCUT2D eigenvalue weighted by atomic mass is 9.98. The molecule has 0 saturated carbocycles. The summed E-state index contributed by atoms with van der Waals surface area (Å²) in [5.41, 5.74) is 4.44. The zero-order valence-corrected chi connectivity index (χ0v) is 8.72. The molecule has 1 aromatic carbocycles. The predicted molar refractivity (Wildman–Crippen MR) is 50.8 cm³/mol. The number of hydrogen-bond donors (Lipinski definition) is 2. The molecule has 0 bridgehead atoms. The zero-order valence-electron chi connectivity index (χ0n) is 8.72. The van der Waals surface area contributed by atoms with Gasteiger partial charge in [0.2, 0.25) is 0 Å². The summed E-state index contributed by atoms with van der Waals surface area (Å²) < 4.78 is 62.2. The van der Waals surface area contributed by atoms with Crippen LogP contribution in [-0.4, -0.2) is 17.2 Å². The first-order chi connectivity index (χ1) is 7.59. The number of phenolic OH excluding ortho intramolecular Hbond substituents is 1. The van der Waals surface area contributed by atoms with E-state index in [0.29, 0.717) is 0 Å². The van der Waals surface area contributed by atoms with Crippen LogP contribution in [0.5, 0.6) is 5.75 Å². The lowest BCUT2D eigenvalue weighted by Gasteiger charge is -2.26. The minimum Gasteiger partial charge on any atom is -0.507 e. The molecule has 0 amide bonds. The van der Waals surface area contributed by atoms with Gasteiger partial charge in [-0.05, 0) is 12.5 Å². The summed E-state index contributed by atoms with van der Waals surface area (Å²) in [7, 11) is 0. The molecule has 0 aliphatic heterocycles. The van der Waals surface area contributed by atoms with Crippen LogP contribution < -0.4 is 5.73 Å². The van der Waals surface area contributed by atoms with Crippen molar-refractivity contribution in [3.63, 3.8) is 0 Å². The maximum atomic E-state index is 13.0. The second-order valence-electron chi connectivity index (χ2n) is 3.61. The molecule has 0 aromatic heterocycles. The van der Waals surface area contributed by atoms with Crippen molar-refractivity contribution in [1.82, 2.24) is 0 Å². The third kappa shape index (κ3) is 2.33. The van der Waals surface area contributed by atoms with Gasteiger partial charge in [0.1, 0.15) is 11.8 Å². The monoisotopic (exact) mass is 255 g/mol. The number of aryl methyl sites for hydroxylation is 1. The SMILES string of the molecule is Cc1cccc([C@@H](N)C(F)(F)C(F)(F)F)c1O. The highest BCUT2D eigenvalue weighted by Gasteiger charge is 2.62. The molecule has 7 heteroatoms. The number of halogens is 5. The third-order valence-electron chi connectivity index (χ3n) is 2.37. The lowest BCUT2D eigenvalue weighted by Crippen LogP contribution is -2.45. The second-order valence-corrected chi connectivity index (χ2v) is 3.61. The van der Waals surface area contributed by atoms with Gasteiger partial charge in [0, 0.05) is 5.56 Å². The van der Waals surface area contributed by atoms with Crippen LogP contribution in [0.3, 0.4) is 0 Å². The number of hydrogen-bond acceptors (Lipinski definition) is 2. The standard InChI is InChI=1S/C10H10F5NO/c1-5-3-2-4-6(7(5)17)8(16)9(11,12)10(13,14)15/h2-4,8,17H,16H2,1H3/t8-/m1/s1. The van der Waals surface area contributed by atoms with E-state index in [-0.39, 0.29) is 5.56 Å². The van der Waals surface area contributed by atoms with E-state index in [1.54, 1.807) is 0 Å². The number of para-hydroxylation sites is 1. The van der Waals surface area contributed by atoms with E-state index in [1.165, 1.54) is 19.1 Å². The average molecular weight is 255 g/mol. The highest BCUT2D eigenvalue weighted by Crippen LogP contribution is 2.45. The van der Waals surface area contributed by atoms with Crippen LogP contribution in [0.15, 0.2) is 18.2 Å². The Morgan fingerprint density at radius 1 is 1.18 bits per heavy atom. The molecule has 0 saturated heterocycles. The van der Waals surface area contributed by atoms with Crippen LogP contribution in [0.1, 0.15) is 17.2 Å². The highest BCUT2D eigenvalue weighted by molar-refractivity contribution is 5.42. The zero-order chi connectivity index (χ0) is 13.4. The molecule has 0 fully saturated rings. The summed E-state index contributed by atoms with van der Waals surface area (Å²) in [6.07, 6.45) is -5.76. The Bertz CT molecular complexity index is 416. The Balaban J connectivity index is 3.22. The van der Waals surface area contributed by atoms with Gasteiger partial charge in [-0.2, -0.15) is 22.0 Å². The molecule has 1 atom stereocenters. The molecule has 17 heavy (non-hydrogen) atoms. The van der Waals surface area contributed by atoms with Crippen molar-refractivity contribution < 1.29 is 27.1 Å². The first-order valence-corrected chi connectivity index (χ1v) is 4.57. The molecule has 0 heterocycles. The predicted octanol–water partition coefficient (Wildman–Crippen LogP) is 2.90. The minimum absolute atomic E-state index is 0.177. The van der Waals surface area contributed by atoms with Crippen LogP contribution in [0, 0.1) is 6.92 Å². The number of aromatic hydroxyl groups is 1. The van der Waals surface area contributed by atoms with Gasteiger partial charge in [-0.25, -0.2) is 0 Å². The molecule has 0 aliphatic rings. The van der Waals surface area contributed by atoms with E-state index in [1.807, 2.05) is 0 Å². The quantitative estimate of drug-likeness (QED) is 0.798. The van der Waals surface area contributed by atoms with Gasteiger partial charge in [0.15, 0.2) is 0 Å². The van der Waals surface area contributed by atoms with Crippen LogP contribution in [0.4, 0.5) is 22.0 Å². The number of benzene rings is 1. The van der Waals surface area contributed by atoms with Crippen molar-refractivity contribution in [2.45, 2.75) is 25.1 Å². The van der Waals surface area contributed by atoms with Crippen LogP contribution >= 0.6 is 0 Å². The molecule has 0 spiro atoms. The van der Waals surface area contributed by atoms with Crippen molar-refractivity contribution >= 4 is 0 Å². The first-order valence-electron chi connectivity index (χ1n) is 4.57. The summed E-state index contributed by atoms with van der Waals surface area (Å²) in [5, 5.41) is 9.42. The largest absolute Gasteiger partial charge is 0.507 e. The fraction of sp³-hybridized carbons (Fsp3) is 0.400. The molecule has 1 rings (SSSR count). The average Bonchev–Trinajstić information content (AvgIpc) is 2.19.